The van der Waals surface area contributed by atoms with Crippen molar-refractivity contribution in [3.8, 4) is 0 Å². The van der Waals surface area contributed by atoms with E-state index in [1.54, 1.807) is 0 Å². The monoisotopic (exact) mass is 228 g/mol. The van der Waals surface area contributed by atoms with E-state index in [1.165, 1.54) is 0 Å². The Morgan fingerprint density at radius 3 is 2.40 bits per heavy atom. The number of rotatable bonds is 4. The average Bonchev–Trinajstić information content (AvgIpc) is 2.49. The van der Waals surface area contributed by atoms with Gasteiger partial charge in [0.05, 0.1) is 0 Å². The van der Waals surface area contributed by atoms with Crippen LogP contribution in [-0.4, -0.2) is 20.5 Å². The number of ketones is 1. The van der Waals surface area contributed by atoms with Crippen molar-refractivity contribution < 1.29 is 9.00 Å². The summed E-state index contributed by atoms with van der Waals surface area (Å²) in [6, 6.07) is 0. The zero-order chi connectivity index (χ0) is 10.8. The Hall–Kier alpha value is -0.180. The van der Waals surface area contributed by atoms with Gasteiger partial charge >= 0.3 is 0 Å². The van der Waals surface area contributed by atoms with Gasteiger partial charge in [-0.3, -0.25) is 9.00 Å². The summed E-state index contributed by atoms with van der Waals surface area (Å²) in [7, 11) is -0.614. The van der Waals surface area contributed by atoms with E-state index in [0.29, 0.717) is 16.3 Å². The van der Waals surface area contributed by atoms with Crippen molar-refractivity contribution in [3.05, 3.63) is 0 Å². The third-order valence-corrected chi connectivity index (χ3v) is 5.97. The lowest BCUT2D eigenvalue weighted by Crippen LogP contribution is -2.32. The van der Waals surface area contributed by atoms with Gasteiger partial charge in [0.2, 0.25) is 0 Å². The maximum Gasteiger partial charge on any atom is 0.136 e. The van der Waals surface area contributed by atoms with Crippen LogP contribution in [0.4, 0.5) is 0 Å². The summed E-state index contributed by atoms with van der Waals surface area (Å²) < 4.78 is 11.8. The van der Waals surface area contributed by atoms with E-state index in [2.05, 4.69) is 6.92 Å². The fraction of sp³-hybridized carbons (Fsp3) is 0.917. The minimum atomic E-state index is -0.614. The Morgan fingerprint density at radius 1 is 1.27 bits per heavy atom. The number of carbonyl (C=O) groups is 1. The van der Waals surface area contributed by atoms with Gasteiger partial charge in [-0.05, 0) is 32.1 Å². The third-order valence-electron chi connectivity index (χ3n) is 3.79. The van der Waals surface area contributed by atoms with Crippen molar-refractivity contribution >= 4 is 16.6 Å². The Balaban J connectivity index is 1.91. The molecule has 2 fully saturated rings. The van der Waals surface area contributed by atoms with Crippen LogP contribution in [0.25, 0.3) is 0 Å². The first-order valence-electron chi connectivity index (χ1n) is 6.14. The molecule has 0 radical (unpaired) electrons. The van der Waals surface area contributed by atoms with E-state index in [4.69, 9.17) is 0 Å². The van der Waals surface area contributed by atoms with Gasteiger partial charge in [-0.25, -0.2) is 0 Å². The smallest absolute Gasteiger partial charge is 0.136 e. The standard InChI is InChI=1S/C12H20O2S/c1-2-3-4-12(13)9-7-10-5-6-11(8-9)15(10)14/h9-11H,2-8H2,1H3. The van der Waals surface area contributed by atoms with E-state index >= 15 is 0 Å². The van der Waals surface area contributed by atoms with Crippen LogP contribution in [0, 0.1) is 5.92 Å². The number of unbranched alkanes of at least 4 members (excludes halogenated alkanes) is 1. The van der Waals surface area contributed by atoms with Gasteiger partial charge in [0.25, 0.3) is 0 Å². The lowest BCUT2D eigenvalue weighted by molar-refractivity contribution is -0.123. The SMILES string of the molecule is CCCCC(=O)C1CC2CCC(C1)S2=O. The summed E-state index contributed by atoms with van der Waals surface area (Å²) in [5.41, 5.74) is 0. The van der Waals surface area contributed by atoms with E-state index in [-0.39, 0.29) is 5.92 Å². The van der Waals surface area contributed by atoms with E-state index < -0.39 is 10.8 Å². The van der Waals surface area contributed by atoms with Gasteiger partial charge < -0.3 is 0 Å². The fourth-order valence-electron chi connectivity index (χ4n) is 2.85. The van der Waals surface area contributed by atoms with Crippen molar-refractivity contribution in [2.75, 3.05) is 0 Å². The van der Waals surface area contributed by atoms with Gasteiger partial charge in [-0.15, -0.1) is 0 Å². The lowest BCUT2D eigenvalue weighted by Gasteiger charge is -2.26. The second kappa shape index (κ2) is 4.77. The first-order valence-corrected chi connectivity index (χ1v) is 7.42. The molecule has 2 aliphatic heterocycles. The van der Waals surface area contributed by atoms with Gasteiger partial charge in [-0.1, -0.05) is 13.3 Å². The largest absolute Gasteiger partial charge is 0.299 e. The molecule has 0 aromatic rings. The summed E-state index contributed by atoms with van der Waals surface area (Å²) in [6.07, 6.45) is 6.86. The summed E-state index contributed by atoms with van der Waals surface area (Å²) >= 11 is 0. The molecular weight excluding hydrogens is 208 g/mol. The number of hydrogen-bond acceptors (Lipinski definition) is 2. The maximum absolute atomic E-state index is 11.9. The summed E-state index contributed by atoms with van der Waals surface area (Å²) in [5.74, 6) is 0.678. The molecule has 2 bridgehead atoms. The molecule has 2 heterocycles. The molecule has 0 N–H and O–H groups in total. The maximum atomic E-state index is 11.9. The molecule has 2 nitrogen and oxygen atoms in total. The molecule has 2 unspecified atom stereocenters. The summed E-state index contributed by atoms with van der Waals surface area (Å²) in [5, 5.41) is 0.693. The zero-order valence-corrected chi connectivity index (χ0v) is 10.2. The van der Waals surface area contributed by atoms with E-state index in [0.717, 1.165) is 44.9 Å². The third kappa shape index (κ3) is 2.32. The molecule has 3 heteroatoms. The normalized spacial score (nSPS) is 39.3. The number of Topliss-reactive ketones (excluding diaryl/α,β-unsaturated/α-hetero) is 1. The first-order chi connectivity index (χ1) is 7.22. The van der Waals surface area contributed by atoms with Crippen LogP contribution in [0.5, 0.6) is 0 Å². The highest BCUT2D eigenvalue weighted by molar-refractivity contribution is 7.86. The molecule has 2 saturated heterocycles. The Bertz CT molecular complexity index is 259. The highest BCUT2D eigenvalue weighted by Gasteiger charge is 2.42. The molecule has 2 atom stereocenters. The molecule has 0 spiro atoms. The van der Waals surface area contributed by atoms with Crippen molar-refractivity contribution in [3.63, 3.8) is 0 Å². The molecule has 0 aliphatic carbocycles. The summed E-state index contributed by atoms with van der Waals surface area (Å²) in [6.45, 7) is 2.12. The number of carbonyl (C=O) groups excluding carboxylic acids is 1. The minimum Gasteiger partial charge on any atom is -0.299 e. The highest BCUT2D eigenvalue weighted by atomic mass is 32.2. The van der Waals surface area contributed by atoms with Gasteiger partial charge in [0.15, 0.2) is 0 Å². The predicted octanol–water partition coefficient (Wildman–Crippen LogP) is 2.44. The lowest BCUT2D eigenvalue weighted by atomic mass is 9.92. The second-order valence-corrected chi connectivity index (χ2v) is 6.88. The van der Waals surface area contributed by atoms with Crippen LogP contribution in [0.3, 0.4) is 0 Å². The fourth-order valence-corrected chi connectivity index (χ4v) is 4.98. The van der Waals surface area contributed by atoms with Crippen molar-refractivity contribution in [1.29, 1.82) is 0 Å². The van der Waals surface area contributed by atoms with Gasteiger partial charge in [-0.2, -0.15) is 0 Å². The van der Waals surface area contributed by atoms with Crippen LogP contribution < -0.4 is 0 Å². The first kappa shape index (κ1) is 11.3. The average molecular weight is 228 g/mol. The van der Waals surface area contributed by atoms with Gasteiger partial charge in [0.1, 0.15) is 5.78 Å². The number of fused-ring (bicyclic) bond motifs is 2. The van der Waals surface area contributed by atoms with Crippen molar-refractivity contribution in [2.24, 2.45) is 5.92 Å². The van der Waals surface area contributed by atoms with Crippen LogP contribution in [-0.2, 0) is 15.6 Å². The predicted molar refractivity (Wildman–Crippen MR) is 62.2 cm³/mol. The highest BCUT2D eigenvalue weighted by Crippen LogP contribution is 2.39. The van der Waals surface area contributed by atoms with Gasteiger partial charge in [0, 0.05) is 33.6 Å². The molecule has 2 rings (SSSR count). The molecule has 0 aromatic carbocycles. The molecule has 15 heavy (non-hydrogen) atoms. The van der Waals surface area contributed by atoms with Crippen molar-refractivity contribution in [1.82, 2.24) is 0 Å². The Morgan fingerprint density at radius 2 is 1.87 bits per heavy atom. The minimum absolute atomic E-state index is 0.242. The molecular formula is C12H20O2S. The molecule has 2 aliphatic rings. The Labute approximate surface area is 94.3 Å². The molecule has 0 amide bonds. The van der Waals surface area contributed by atoms with Crippen LogP contribution in [0.2, 0.25) is 0 Å². The number of hydrogen-bond donors (Lipinski definition) is 0. The molecule has 86 valence electrons. The topological polar surface area (TPSA) is 34.1 Å². The quantitative estimate of drug-likeness (QED) is 0.740. The second-order valence-electron chi connectivity index (χ2n) is 4.89. The summed E-state index contributed by atoms with van der Waals surface area (Å²) in [4.78, 5) is 11.9. The van der Waals surface area contributed by atoms with E-state index in [9.17, 15) is 9.00 Å². The van der Waals surface area contributed by atoms with E-state index in [1.807, 2.05) is 0 Å². The van der Waals surface area contributed by atoms with Crippen LogP contribution >= 0.6 is 0 Å². The van der Waals surface area contributed by atoms with Crippen molar-refractivity contribution in [2.45, 2.75) is 62.4 Å². The van der Waals surface area contributed by atoms with Crippen LogP contribution in [0.15, 0.2) is 0 Å². The molecule has 0 aromatic heterocycles. The Kier molecular flexibility index (Phi) is 3.60. The van der Waals surface area contributed by atoms with Crippen LogP contribution in [0.1, 0.15) is 51.9 Å². The molecule has 0 saturated carbocycles. The zero-order valence-electron chi connectivity index (χ0n) is 9.41.